The lowest BCUT2D eigenvalue weighted by Gasteiger charge is -2.44. The summed E-state index contributed by atoms with van der Waals surface area (Å²) >= 11 is 0. The van der Waals surface area contributed by atoms with Crippen molar-refractivity contribution in [2.75, 3.05) is 26.2 Å². The molecule has 9 nitrogen and oxygen atoms in total. The van der Waals surface area contributed by atoms with Crippen LogP contribution in [0.2, 0.25) is 0 Å². The molecule has 0 saturated carbocycles. The number of sulfonamides is 2. The van der Waals surface area contributed by atoms with Crippen LogP contribution in [0.5, 0.6) is 0 Å². The average molecular weight is 442 g/mol. The van der Waals surface area contributed by atoms with Crippen molar-refractivity contribution < 1.29 is 26.1 Å². The molecule has 2 saturated heterocycles. The van der Waals surface area contributed by atoms with Gasteiger partial charge in [-0.05, 0) is 38.5 Å². The third-order valence-electron chi connectivity index (χ3n) is 5.21. The van der Waals surface area contributed by atoms with E-state index in [0.717, 1.165) is 5.56 Å². The van der Waals surface area contributed by atoms with Crippen LogP contribution in [-0.4, -0.2) is 69.0 Å². The number of rotatable bonds is 4. The molecule has 2 aliphatic rings. The third-order valence-corrected chi connectivity index (χ3v) is 9.11. The molecule has 0 aliphatic carbocycles. The molecule has 158 valence electrons. The van der Waals surface area contributed by atoms with Crippen molar-refractivity contribution >= 4 is 20.0 Å². The Morgan fingerprint density at radius 1 is 0.931 bits per heavy atom. The standard InChI is InChI=1S/C18H23N3O6S2/c1-12-5-4-6-17(7-12)28(22,23)20-8-15-10-21(11-16(9-20)26-15)29(24,25)18-13(2)19-27-14(18)3/h4-7,15-16H,8-11H2,1-3H3. The highest BCUT2D eigenvalue weighted by Gasteiger charge is 2.44. The zero-order valence-corrected chi connectivity index (χ0v) is 18.0. The van der Waals surface area contributed by atoms with Gasteiger partial charge in [0.05, 0.1) is 17.1 Å². The normalized spacial score (nSPS) is 24.0. The third kappa shape index (κ3) is 3.61. The van der Waals surface area contributed by atoms with Gasteiger partial charge in [-0.15, -0.1) is 0 Å². The van der Waals surface area contributed by atoms with E-state index in [4.69, 9.17) is 9.26 Å². The Hall–Kier alpha value is -1.79. The minimum absolute atomic E-state index is 0.0710. The van der Waals surface area contributed by atoms with Gasteiger partial charge >= 0.3 is 0 Å². The Balaban J connectivity index is 1.57. The molecular weight excluding hydrogens is 418 g/mol. The first-order chi connectivity index (χ1) is 13.6. The Bertz CT molecular complexity index is 1110. The van der Waals surface area contributed by atoms with Crippen molar-refractivity contribution in [2.24, 2.45) is 0 Å². The van der Waals surface area contributed by atoms with Gasteiger partial charge < -0.3 is 9.26 Å². The van der Waals surface area contributed by atoms with E-state index in [0.29, 0.717) is 5.69 Å². The molecule has 2 aliphatic heterocycles. The molecule has 1 aromatic carbocycles. The van der Waals surface area contributed by atoms with Crippen LogP contribution in [0.1, 0.15) is 17.0 Å². The SMILES string of the molecule is Cc1cccc(S(=O)(=O)N2CC3CN(S(=O)(=O)c4c(C)noc4C)CC(C2)O3)c1. The Morgan fingerprint density at radius 3 is 2.03 bits per heavy atom. The lowest BCUT2D eigenvalue weighted by Crippen LogP contribution is -2.61. The number of morpholine rings is 2. The Kier molecular flexibility index (Phi) is 5.06. The van der Waals surface area contributed by atoms with Crippen LogP contribution in [0.25, 0.3) is 0 Å². The number of aryl methyl sites for hydroxylation is 3. The van der Waals surface area contributed by atoms with E-state index in [-0.39, 0.29) is 41.7 Å². The molecule has 2 atom stereocenters. The van der Waals surface area contributed by atoms with Crippen LogP contribution in [-0.2, 0) is 24.8 Å². The second kappa shape index (κ2) is 7.17. The molecule has 0 spiro atoms. The van der Waals surface area contributed by atoms with Crippen molar-refractivity contribution in [3.05, 3.63) is 41.3 Å². The molecule has 4 rings (SSSR count). The summed E-state index contributed by atoms with van der Waals surface area (Å²) in [6.07, 6.45) is -1.09. The van der Waals surface area contributed by atoms with Gasteiger partial charge in [0.25, 0.3) is 0 Å². The summed E-state index contributed by atoms with van der Waals surface area (Å²) in [5.41, 5.74) is 1.17. The van der Waals surface area contributed by atoms with Gasteiger partial charge in [-0.1, -0.05) is 17.3 Å². The van der Waals surface area contributed by atoms with Gasteiger partial charge in [-0.3, -0.25) is 0 Å². The quantitative estimate of drug-likeness (QED) is 0.698. The summed E-state index contributed by atoms with van der Waals surface area (Å²) in [7, 11) is -7.48. The first kappa shape index (κ1) is 20.5. The maximum atomic E-state index is 13.1. The minimum Gasteiger partial charge on any atom is -0.369 e. The summed E-state index contributed by atoms with van der Waals surface area (Å²) in [5.74, 6) is 0.239. The number of fused-ring (bicyclic) bond motifs is 2. The number of aromatic nitrogens is 1. The zero-order chi connectivity index (χ0) is 21.0. The van der Waals surface area contributed by atoms with Crippen molar-refractivity contribution in [3.8, 4) is 0 Å². The van der Waals surface area contributed by atoms with Crippen LogP contribution in [0, 0.1) is 20.8 Å². The number of hydrogen-bond donors (Lipinski definition) is 0. The van der Waals surface area contributed by atoms with E-state index in [2.05, 4.69) is 5.16 Å². The maximum absolute atomic E-state index is 13.1. The number of nitrogens with zero attached hydrogens (tertiary/aromatic N) is 3. The number of benzene rings is 1. The topological polar surface area (TPSA) is 110 Å². The van der Waals surface area contributed by atoms with Gasteiger partial charge in [0.15, 0.2) is 5.76 Å². The molecule has 2 unspecified atom stereocenters. The predicted octanol–water partition coefficient (Wildman–Crippen LogP) is 1.06. The minimum atomic E-state index is -3.80. The van der Waals surface area contributed by atoms with E-state index >= 15 is 0 Å². The highest BCUT2D eigenvalue weighted by atomic mass is 32.2. The fourth-order valence-corrected chi connectivity index (χ4v) is 7.31. The monoisotopic (exact) mass is 441 g/mol. The smallest absolute Gasteiger partial charge is 0.248 e. The molecule has 3 heterocycles. The van der Waals surface area contributed by atoms with Crippen LogP contribution in [0.3, 0.4) is 0 Å². The molecule has 2 aromatic rings. The highest BCUT2D eigenvalue weighted by molar-refractivity contribution is 7.89. The van der Waals surface area contributed by atoms with Crippen molar-refractivity contribution in [2.45, 2.75) is 42.8 Å². The molecule has 29 heavy (non-hydrogen) atoms. The summed E-state index contributed by atoms with van der Waals surface area (Å²) in [6, 6.07) is 6.75. The molecule has 0 amide bonds. The van der Waals surface area contributed by atoms with Crippen LogP contribution < -0.4 is 0 Å². The lowest BCUT2D eigenvalue weighted by atomic mass is 10.2. The van der Waals surface area contributed by atoms with E-state index < -0.39 is 32.3 Å². The lowest BCUT2D eigenvalue weighted by molar-refractivity contribution is -0.104. The highest BCUT2D eigenvalue weighted by Crippen LogP contribution is 2.30. The van der Waals surface area contributed by atoms with Gasteiger partial charge in [0.2, 0.25) is 20.0 Å². The number of hydrogen-bond acceptors (Lipinski definition) is 7. The predicted molar refractivity (Wildman–Crippen MR) is 103 cm³/mol. The van der Waals surface area contributed by atoms with Gasteiger partial charge in [-0.25, -0.2) is 16.8 Å². The molecule has 11 heteroatoms. The van der Waals surface area contributed by atoms with E-state index in [1.54, 1.807) is 32.0 Å². The second-order valence-electron chi connectivity index (χ2n) is 7.49. The molecule has 2 fully saturated rings. The zero-order valence-electron chi connectivity index (χ0n) is 16.4. The van der Waals surface area contributed by atoms with E-state index in [1.165, 1.54) is 8.61 Å². The molecule has 0 radical (unpaired) electrons. The van der Waals surface area contributed by atoms with E-state index in [9.17, 15) is 16.8 Å². The van der Waals surface area contributed by atoms with E-state index in [1.807, 2.05) is 13.0 Å². The van der Waals surface area contributed by atoms with Gasteiger partial charge in [-0.2, -0.15) is 8.61 Å². The number of ether oxygens (including phenoxy) is 1. The second-order valence-corrected chi connectivity index (χ2v) is 11.3. The van der Waals surface area contributed by atoms with Crippen molar-refractivity contribution in [1.29, 1.82) is 0 Å². The fraction of sp³-hybridized carbons (Fsp3) is 0.500. The van der Waals surface area contributed by atoms with Crippen LogP contribution in [0.15, 0.2) is 38.6 Å². The van der Waals surface area contributed by atoms with Gasteiger partial charge in [0, 0.05) is 26.2 Å². The first-order valence-electron chi connectivity index (χ1n) is 9.24. The first-order valence-corrected chi connectivity index (χ1v) is 12.1. The molecule has 0 N–H and O–H groups in total. The summed E-state index contributed by atoms with van der Waals surface area (Å²) in [5, 5.41) is 3.73. The van der Waals surface area contributed by atoms with Crippen molar-refractivity contribution in [1.82, 2.24) is 13.8 Å². The summed E-state index contributed by atoms with van der Waals surface area (Å²) in [6.45, 7) is 5.32. The molecule has 1 aromatic heterocycles. The van der Waals surface area contributed by atoms with Crippen molar-refractivity contribution in [3.63, 3.8) is 0 Å². The maximum Gasteiger partial charge on any atom is 0.248 e. The molecular formula is C18H23N3O6S2. The van der Waals surface area contributed by atoms with Gasteiger partial charge in [0.1, 0.15) is 10.6 Å². The fourth-order valence-electron chi connectivity index (χ4n) is 3.91. The van der Waals surface area contributed by atoms with Crippen LogP contribution >= 0.6 is 0 Å². The average Bonchev–Trinajstić information content (AvgIpc) is 3.00. The summed E-state index contributed by atoms with van der Waals surface area (Å²) < 4.78 is 65.9. The largest absolute Gasteiger partial charge is 0.369 e. The Morgan fingerprint density at radius 2 is 1.52 bits per heavy atom. The summed E-state index contributed by atoms with van der Waals surface area (Å²) in [4.78, 5) is 0.305. The Labute approximate surface area is 170 Å². The molecule has 2 bridgehead atoms. The van der Waals surface area contributed by atoms with Crippen LogP contribution in [0.4, 0.5) is 0 Å².